The van der Waals surface area contributed by atoms with Gasteiger partial charge in [0, 0.05) is 37.4 Å². The molecule has 29 heavy (non-hydrogen) atoms. The molecule has 1 amide bonds. The highest BCUT2D eigenvalue weighted by molar-refractivity contribution is 6.32. The Balaban J connectivity index is 1.69. The van der Waals surface area contributed by atoms with Crippen LogP contribution in [-0.2, 0) is 0 Å². The molecule has 0 unspecified atom stereocenters. The number of piperazine rings is 1. The smallest absolute Gasteiger partial charge is 0.254 e. The number of halogens is 2. The summed E-state index contributed by atoms with van der Waals surface area (Å²) in [6, 6.07) is 9.72. The van der Waals surface area contributed by atoms with Gasteiger partial charge in [0.2, 0.25) is 0 Å². The fourth-order valence-electron chi connectivity index (χ4n) is 3.24. The Morgan fingerprint density at radius 1 is 1.14 bits per heavy atom. The number of methoxy groups -OCH3 is 1. The molecule has 2 aromatic rings. The van der Waals surface area contributed by atoms with Gasteiger partial charge in [-0.2, -0.15) is 0 Å². The molecule has 0 atom stereocenters. The zero-order chi connectivity index (χ0) is 21.0. The average Bonchev–Trinajstić information content (AvgIpc) is 2.72. The molecule has 156 valence electrons. The van der Waals surface area contributed by atoms with Crippen LogP contribution in [0.2, 0.25) is 5.02 Å². The molecule has 0 aliphatic carbocycles. The number of carbonyl (C=O) groups is 1. The molecule has 7 heteroatoms. The zero-order valence-corrected chi connectivity index (χ0v) is 17.7. The third-order valence-electron chi connectivity index (χ3n) is 4.80. The van der Waals surface area contributed by atoms with Gasteiger partial charge >= 0.3 is 0 Å². The third kappa shape index (κ3) is 5.12. The first-order valence-corrected chi connectivity index (χ1v) is 10.1. The lowest BCUT2D eigenvalue weighted by Gasteiger charge is -2.36. The van der Waals surface area contributed by atoms with E-state index in [4.69, 9.17) is 21.1 Å². The van der Waals surface area contributed by atoms with Crippen LogP contribution in [0.3, 0.4) is 0 Å². The Hall–Kier alpha value is -2.47. The molecule has 2 aromatic carbocycles. The van der Waals surface area contributed by atoms with Crippen LogP contribution >= 0.6 is 11.6 Å². The summed E-state index contributed by atoms with van der Waals surface area (Å²) in [4.78, 5) is 16.9. The second kappa shape index (κ2) is 9.35. The first-order chi connectivity index (χ1) is 13.9. The second-order valence-corrected chi connectivity index (χ2v) is 7.86. The second-order valence-electron chi connectivity index (χ2n) is 7.45. The van der Waals surface area contributed by atoms with Gasteiger partial charge in [-0.15, -0.1) is 0 Å². The number of carbonyl (C=O) groups excluding carboxylic acids is 1. The quantitative estimate of drug-likeness (QED) is 0.690. The molecule has 1 heterocycles. The standard InChI is InChI=1S/C22H26ClFN2O3/c1-15(2)14-29-21-19(23)12-16(13-20(21)28-3)22(27)26-10-8-25(9-11-26)18-6-4-17(24)5-7-18/h4-7,12-13,15H,8-11,14H2,1-3H3. The molecule has 0 saturated carbocycles. The fraction of sp³-hybridized carbons (Fsp3) is 0.409. The van der Waals surface area contributed by atoms with Crippen LogP contribution in [0.4, 0.5) is 10.1 Å². The number of nitrogens with zero attached hydrogens (tertiary/aromatic N) is 2. The fourth-order valence-corrected chi connectivity index (χ4v) is 3.50. The predicted octanol–water partition coefficient (Wildman–Crippen LogP) is 4.48. The third-order valence-corrected chi connectivity index (χ3v) is 5.08. The van der Waals surface area contributed by atoms with Gasteiger partial charge < -0.3 is 19.3 Å². The van der Waals surface area contributed by atoms with Gasteiger partial charge in [0.25, 0.3) is 5.91 Å². The Labute approximate surface area is 176 Å². The van der Waals surface area contributed by atoms with Crippen LogP contribution in [0.1, 0.15) is 24.2 Å². The molecule has 1 aliphatic rings. The van der Waals surface area contributed by atoms with Gasteiger partial charge in [0.1, 0.15) is 5.82 Å². The number of amides is 1. The number of hydrogen-bond donors (Lipinski definition) is 0. The first kappa shape index (κ1) is 21.2. The topological polar surface area (TPSA) is 42.0 Å². The summed E-state index contributed by atoms with van der Waals surface area (Å²) in [5.41, 5.74) is 1.42. The van der Waals surface area contributed by atoms with E-state index in [2.05, 4.69) is 4.90 Å². The maximum absolute atomic E-state index is 13.1. The Morgan fingerprint density at radius 3 is 2.38 bits per heavy atom. The summed E-state index contributed by atoms with van der Waals surface area (Å²) < 4.78 is 24.3. The molecule has 0 bridgehead atoms. The minimum absolute atomic E-state index is 0.0978. The summed E-state index contributed by atoms with van der Waals surface area (Å²) in [6.45, 7) is 7.10. The van der Waals surface area contributed by atoms with E-state index >= 15 is 0 Å². The van der Waals surface area contributed by atoms with Crippen LogP contribution < -0.4 is 14.4 Å². The number of rotatable bonds is 6. The number of ether oxygens (including phenoxy) is 2. The van der Waals surface area contributed by atoms with Gasteiger partial charge in [-0.3, -0.25) is 4.79 Å². The van der Waals surface area contributed by atoms with E-state index in [0.717, 1.165) is 5.69 Å². The van der Waals surface area contributed by atoms with Gasteiger partial charge in [0.15, 0.2) is 11.5 Å². The van der Waals surface area contributed by atoms with Crippen molar-refractivity contribution in [1.82, 2.24) is 4.90 Å². The molecule has 3 rings (SSSR count). The first-order valence-electron chi connectivity index (χ1n) is 9.69. The normalized spacial score (nSPS) is 14.3. The van der Waals surface area contributed by atoms with Crippen LogP contribution in [-0.4, -0.2) is 50.7 Å². The molecule has 1 fully saturated rings. The van der Waals surface area contributed by atoms with E-state index in [9.17, 15) is 9.18 Å². The molecular formula is C22H26ClFN2O3. The molecule has 0 radical (unpaired) electrons. The zero-order valence-electron chi connectivity index (χ0n) is 17.0. The number of hydrogen-bond acceptors (Lipinski definition) is 4. The molecule has 0 N–H and O–H groups in total. The summed E-state index contributed by atoms with van der Waals surface area (Å²) >= 11 is 6.38. The minimum atomic E-state index is -0.255. The van der Waals surface area contributed by atoms with Crippen molar-refractivity contribution in [2.45, 2.75) is 13.8 Å². The van der Waals surface area contributed by atoms with Crippen LogP contribution in [0.25, 0.3) is 0 Å². The van der Waals surface area contributed by atoms with E-state index < -0.39 is 0 Å². The average molecular weight is 421 g/mol. The number of benzene rings is 2. The highest BCUT2D eigenvalue weighted by atomic mass is 35.5. The molecule has 5 nitrogen and oxygen atoms in total. The van der Waals surface area contributed by atoms with Crippen molar-refractivity contribution in [3.8, 4) is 11.5 Å². The van der Waals surface area contributed by atoms with E-state index in [0.29, 0.717) is 60.8 Å². The monoisotopic (exact) mass is 420 g/mol. The van der Waals surface area contributed by atoms with Crippen molar-refractivity contribution in [3.05, 3.63) is 52.8 Å². The van der Waals surface area contributed by atoms with Crippen molar-refractivity contribution in [2.24, 2.45) is 5.92 Å². The highest BCUT2D eigenvalue weighted by Gasteiger charge is 2.24. The predicted molar refractivity (Wildman–Crippen MR) is 113 cm³/mol. The molecule has 0 aromatic heterocycles. The van der Waals surface area contributed by atoms with E-state index in [-0.39, 0.29) is 11.7 Å². The van der Waals surface area contributed by atoms with Gasteiger partial charge in [-0.05, 0) is 42.3 Å². The lowest BCUT2D eigenvalue weighted by molar-refractivity contribution is 0.0746. The van der Waals surface area contributed by atoms with E-state index in [1.165, 1.54) is 19.2 Å². The molecule has 1 aliphatic heterocycles. The molecule has 0 spiro atoms. The minimum Gasteiger partial charge on any atom is -0.493 e. The Kier molecular flexibility index (Phi) is 6.85. The van der Waals surface area contributed by atoms with Crippen molar-refractivity contribution >= 4 is 23.2 Å². The summed E-state index contributed by atoms with van der Waals surface area (Å²) in [5, 5.41) is 0.360. The molecular weight excluding hydrogens is 395 g/mol. The number of anilines is 1. The van der Waals surface area contributed by atoms with Crippen molar-refractivity contribution < 1.29 is 18.7 Å². The SMILES string of the molecule is COc1cc(C(=O)N2CCN(c3ccc(F)cc3)CC2)cc(Cl)c1OCC(C)C. The van der Waals surface area contributed by atoms with Crippen LogP contribution in [0.5, 0.6) is 11.5 Å². The van der Waals surface area contributed by atoms with Gasteiger partial charge in [0.05, 0.1) is 18.7 Å². The summed E-state index contributed by atoms with van der Waals surface area (Å²) in [7, 11) is 1.53. The van der Waals surface area contributed by atoms with Crippen molar-refractivity contribution in [3.63, 3.8) is 0 Å². The van der Waals surface area contributed by atoms with Crippen LogP contribution in [0.15, 0.2) is 36.4 Å². The largest absolute Gasteiger partial charge is 0.493 e. The lowest BCUT2D eigenvalue weighted by atomic mass is 10.1. The molecule has 1 saturated heterocycles. The Morgan fingerprint density at radius 2 is 1.79 bits per heavy atom. The van der Waals surface area contributed by atoms with Gasteiger partial charge in [-0.25, -0.2) is 4.39 Å². The van der Waals surface area contributed by atoms with Crippen molar-refractivity contribution in [1.29, 1.82) is 0 Å². The van der Waals surface area contributed by atoms with E-state index in [1.807, 2.05) is 13.8 Å². The Bertz CT molecular complexity index is 850. The maximum atomic E-state index is 13.1. The maximum Gasteiger partial charge on any atom is 0.254 e. The summed E-state index contributed by atoms with van der Waals surface area (Å²) in [6.07, 6.45) is 0. The highest BCUT2D eigenvalue weighted by Crippen LogP contribution is 2.37. The van der Waals surface area contributed by atoms with Crippen molar-refractivity contribution in [2.75, 3.05) is 44.8 Å². The van der Waals surface area contributed by atoms with Gasteiger partial charge in [-0.1, -0.05) is 25.4 Å². The lowest BCUT2D eigenvalue weighted by Crippen LogP contribution is -2.48. The van der Waals surface area contributed by atoms with Crippen LogP contribution in [0, 0.1) is 11.7 Å². The van der Waals surface area contributed by atoms with E-state index in [1.54, 1.807) is 29.2 Å². The summed E-state index contributed by atoms with van der Waals surface area (Å²) in [5.74, 6) is 0.898.